The third-order valence-electron chi connectivity index (χ3n) is 3.00. The largest absolute Gasteiger partial charge is 0.505 e. The Kier molecular flexibility index (Phi) is 3.41. The van der Waals surface area contributed by atoms with E-state index in [1.165, 1.54) is 6.07 Å². The lowest BCUT2D eigenvalue weighted by Crippen LogP contribution is -2.34. The second kappa shape index (κ2) is 4.80. The van der Waals surface area contributed by atoms with Gasteiger partial charge in [0.15, 0.2) is 11.6 Å². The third kappa shape index (κ3) is 2.33. The molecule has 1 aromatic carbocycles. The van der Waals surface area contributed by atoms with E-state index in [0.29, 0.717) is 12.1 Å². The van der Waals surface area contributed by atoms with Crippen LogP contribution in [-0.4, -0.2) is 23.9 Å². The third-order valence-corrected chi connectivity index (χ3v) is 3.00. The van der Waals surface area contributed by atoms with Crippen molar-refractivity contribution in [2.24, 2.45) is 0 Å². The van der Waals surface area contributed by atoms with Gasteiger partial charge in [-0.2, -0.15) is 0 Å². The summed E-state index contributed by atoms with van der Waals surface area (Å²) in [4.78, 5) is 0. The van der Waals surface area contributed by atoms with Gasteiger partial charge in [-0.15, -0.1) is 0 Å². The van der Waals surface area contributed by atoms with Crippen LogP contribution in [0.3, 0.4) is 0 Å². The van der Waals surface area contributed by atoms with Crippen molar-refractivity contribution in [3.8, 4) is 5.75 Å². The second-order valence-electron chi connectivity index (χ2n) is 4.10. The Hall–Kier alpha value is -1.13. The lowest BCUT2D eigenvalue weighted by atomic mass is 10.1. The zero-order valence-electron chi connectivity index (χ0n) is 9.24. The molecule has 1 aromatic rings. The lowest BCUT2D eigenvalue weighted by molar-refractivity contribution is 0.113. The zero-order valence-corrected chi connectivity index (χ0v) is 9.24. The van der Waals surface area contributed by atoms with Crippen LogP contribution in [0.1, 0.15) is 18.9 Å². The van der Waals surface area contributed by atoms with Crippen LogP contribution < -0.4 is 5.32 Å². The first-order chi connectivity index (χ1) is 7.68. The molecular weight excluding hydrogens is 209 g/mol. The Morgan fingerprint density at radius 1 is 1.56 bits per heavy atom. The van der Waals surface area contributed by atoms with Gasteiger partial charge in [-0.1, -0.05) is 12.1 Å². The molecule has 0 bridgehead atoms. The molecule has 1 aliphatic rings. The fourth-order valence-corrected chi connectivity index (χ4v) is 1.94. The van der Waals surface area contributed by atoms with Crippen LogP contribution in [0.15, 0.2) is 18.2 Å². The SMILES string of the molecule is CC1OCCC1NCc1cccc(F)c1O. The predicted octanol–water partition coefficient (Wildman–Crippen LogP) is 1.80. The molecule has 0 aromatic heterocycles. The maximum atomic E-state index is 13.1. The Morgan fingerprint density at radius 3 is 3.06 bits per heavy atom. The van der Waals surface area contributed by atoms with Crippen molar-refractivity contribution < 1.29 is 14.2 Å². The Labute approximate surface area is 94.2 Å². The molecule has 1 aliphatic heterocycles. The molecule has 3 nitrogen and oxygen atoms in total. The van der Waals surface area contributed by atoms with Gasteiger partial charge in [0.1, 0.15) is 0 Å². The van der Waals surface area contributed by atoms with Crippen LogP contribution in [0.25, 0.3) is 0 Å². The summed E-state index contributed by atoms with van der Waals surface area (Å²) >= 11 is 0. The van der Waals surface area contributed by atoms with E-state index in [9.17, 15) is 9.50 Å². The molecule has 2 rings (SSSR count). The highest BCUT2D eigenvalue weighted by Gasteiger charge is 2.23. The maximum absolute atomic E-state index is 13.1. The van der Waals surface area contributed by atoms with Gasteiger partial charge in [0, 0.05) is 24.8 Å². The molecule has 2 unspecified atom stereocenters. The van der Waals surface area contributed by atoms with Gasteiger partial charge in [-0.05, 0) is 19.4 Å². The number of para-hydroxylation sites is 1. The van der Waals surface area contributed by atoms with Gasteiger partial charge in [0.05, 0.1) is 6.10 Å². The van der Waals surface area contributed by atoms with Gasteiger partial charge in [0.25, 0.3) is 0 Å². The number of halogens is 1. The number of ether oxygens (including phenoxy) is 1. The fourth-order valence-electron chi connectivity index (χ4n) is 1.94. The molecule has 0 saturated carbocycles. The average Bonchev–Trinajstić information content (AvgIpc) is 2.67. The molecule has 1 heterocycles. The molecule has 0 amide bonds. The summed E-state index contributed by atoms with van der Waals surface area (Å²) in [5.41, 5.74) is 0.583. The van der Waals surface area contributed by atoms with Crippen LogP contribution >= 0.6 is 0 Å². The van der Waals surface area contributed by atoms with Gasteiger partial charge in [-0.3, -0.25) is 0 Å². The monoisotopic (exact) mass is 225 g/mol. The van der Waals surface area contributed by atoms with E-state index < -0.39 is 5.82 Å². The maximum Gasteiger partial charge on any atom is 0.165 e. The van der Waals surface area contributed by atoms with E-state index in [-0.39, 0.29) is 17.9 Å². The molecule has 2 atom stereocenters. The summed E-state index contributed by atoms with van der Waals surface area (Å²) in [5.74, 6) is -0.836. The van der Waals surface area contributed by atoms with Crippen molar-refractivity contribution in [2.45, 2.75) is 32.0 Å². The highest BCUT2D eigenvalue weighted by molar-refractivity contribution is 5.33. The van der Waals surface area contributed by atoms with Crippen molar-refractivity contribution in [2.75, 3.05) is 6.61 Å². The van der Waals surface area contributed by atoms with Crippen molar-refractivity contribution in [1.29, 1.82) is 0 Å². The second-order valence-corrected chi connectivity index (χ2v) is 4.10. The van der Waals surface area contributed by atoms with Crippen molar-refractivity contribution >= 4 is 0 Å². The van der Waals surface area contributed by atoms with E-state index >= 15 is 0 Å². The number of aromatic hydroxyl groups is 1. The molecule has 0 spiro atoms. The first-order valence-electron chi connectivity index (χ1n) is 5.50. The van der Waals surface area contributed by atoms with Gasteiger partial charge in [0.2, 0.25) is 0 Å². The van der Waals surface area contributed by atoms with Gasteiger partial charge in [-0.25, -0.2) is 4.39 Å². The van der Waals surface area contributed by atoms with Crippen molar-refractivity contribution in [3.05, 3.63) is 29.6 Å². The van der Waals surface area contributed by atoms with Crippen LogP contribution in [0.4, 0.5) is 4.39 Å². The van der Waals surface area contributed by atoms with E-state index in [0.717, 1.165) is 13.0 Å². The van der Waals surface area contributed by atoms with E-state index in [2.05, 4.69) is 5.32 Å². The molecule has 16 heavy (non-hydrogen) atoms. The average molecular weight is 225 g/mol. The standard InChI is InChI=1S/C12H16FNO2/c1-8-11(5-6-16-8)14-7-9-3-2-4-10(13)12(9)15/h2-4,8,11,14-15H,5-7H2,1H3. The number of nitrogens with one attached hydrogen (secondary N) is 1. The fraction of sp³-hybridized carbons (Fsp3) is 0.500. The molecule has 2 N–H and O–H groups in total. The summed E-state index contributed by atoms with van der Waals surface area (Å²) in [6, 6.07) is 4.84. The quantitative estimate of drug-likeness (QED) is 0.824. The van der Waals surface area contributed by atoms with Crippen LogP contribution in [-0.2, 0) is 11.3 Å². The smallest absolute Gasteiger partial charge is 0.165 e. The number of rotatable bonds is 3. The molecule has 0 radical (unpaired) electrons. The summed E-state index contributed by atoms with van der Waals surface area (Å²) < 4.78 is 18.5. The molecule has 1 fully saturated rings. The first-order valence-corrected chi connectivity index (χ1v) is 5.50. The van der Waals surface area contributed by atoms with Crippen LogP contribution in [0.5, 0.6) is 5.75 Å². The molecular formula is C12H16FNO2. The van der Waals surface area contributed by atoms with Gasteiger partial charge < -0.3 is 15.2 Å². The lowest BCUT2D eigenvalue weighted by Gasteiger charge is -2.16. The number of benzene rings is 1. The highest BCUT2D eigenvalue weighted by atomic mass is 19.1. The minimum absolute atomic E-state index is 0.177. The number of hydrogen-bond donors (Lipinski definition) is 2. The number of phenols is 1. The molecule has 0 aliphatic carbocycles. The zero-order chi connectivity index (χ0) is 11.5. The normalized spacial score (nSPS) is 24.9. The highest BCUT2D eigenvalue weighted by Crippen LogP contribution is 2.21. The number of hydrogen-bond acceptors (Lipinski definition) is 3. The van der Waals surface area contributed by atoms with Crippen LogP contribution in [0.2, 0.25) is 0 Å². The van der Waals surface area contributed by atoms with Gasteiger partial charge >= 0.3 is 0 Å². The molecule has 88 valence electrons. The summed E-state index contributed by atoms with van der Waals surface area (Å²) in [6.45, 7) is 3.23. The Morgan fingerprint density at radius 2 is 2.38 bits per heavy atom. The minimum Gasteiger partial charge on any atom is -0.505 e. The van der Waals surface area contributed by atoms with Crippen molar-refractivity contribution in [1.82, 2.24) is 5.32 Å². The summed E-state index contributed by atoms with van der Waals surface area (Å²) in [5, 5.41) is 12.8. The minimum atomic E-state index is -0.574. The Balaban J connectivity index is 1.96. The predicted molar refractivity (Wildman–Crippen MR) is 58.7 cm³/mol. The molecule has 1 saturated heterocycles. The Bertz CT molecular complexity index is 370. The topological polar surface area (TPSA) is 41.5 Å². The van der Waals surface area contributed by atoms with Crippen LogP contribution in [0, 0.1) is 5.82 Å². The van der Waals surface area contributed by atoms with Crippen molar-refractivity contribution in [3.63, 3.8) is 0 Å². The van der Waals surface area contributed by atoms with E-state index in [1.54, 1.807) is 12.1 Å². The molecule has 4 heteroatoms. The number of phenolic OH excluding ortho intramolecular Hbond substituents is 1. The summed E-state index contributed by atoms with van der Waals surface area (Å²) in [7, 11) is 0. The van der Waals surface area contributed by atoms with E-state index in [4.69, 9.17) is 4.74 Å². The summed E-state index contributed by atoms with van der Waals surface area (Å²) in [6.07, 6.45) is 1.13. The first kappa shape index (κ1) is 11.4. The van der Waals surface area contributed by atoms with E-state index in [1.807, 2.05) is 6.92 Å².